The van der Waals surface area contributed by atoms with Crippen LogP contribution in [0.25, 0.3) is 0 Å². The van der Waals surface area contributed by atoms with Gasteiger partial charge in [0.15, 0.2) is 0 Å². The monoisotopic (exact) mass is 336 g/mol. The number of rotatable bonds is 5. The molecule has 1 heterocycles. The van der Waals surface area contributed by atoms with Gasteiger partial charge in [0.1, 0.15) is 6.54 Å². The van der Waals surface area contributed by atoms with E-state index in [0.717, 1.165) is 35.4 Å². The maximum absolute atomic E-state index is 12.3. The van der Waals surface area contributed by atoms with Gasteiger partial charge < -0.3 is 5.32 Å². The van der Waals surface area contributed by atoms with Gasteiger partial charge in [0.05, 0.1) is 6.04 Å². The molecule has 2 aromatic rings. The lowest BCUT2D eigenvalue weighted by atomic mass is 10.0. The molecule has 0 bridgehead atoms. The average molecular weight is 337 g/mol. The molecule has 1 aliphatic carbocycles. The van der Waals surface area contributed by atoms with Crippen LogP contribution < -0.4 is 10.2 Å². The van der Waals surface area contributed by atoms with Gasteiger partial charge in [0.2, 0.25) is 5.91 Å². The highest BCUT2D eigenvalue weighted by Crippen LogP contribution is 2.41. The van der Waals surface area contributed by atoms with Crippen molar-refractivity contribution in [2.75, 3.05) is 0 Å². The predicted octanol–water partition coefficient (Wildman–Crippen LogP) is 3.14. The Morgan fingerprint density at radius 1 is 1.41 bits per heavy atom. The van der Waals surface area contributed by atoms with E-state index in [9.17, 15) is 9.59 Å². The minimum atomic E-state index is -0.129. The normalized spacial score (nSPS) is 15.5. The summed E-state index contributed by atoms with van der Waals surface area (Å²) in [6.45, 7) is 1.91. The molecule has 1 aromatic heterocycles. The number of thiazole rings is 1. The summed E-state index contributed by atoms with van der Waals surface area (Å²) >= 11 is 7.04. The molecule has 1 atom stereocenters. The summed E-state index contributed by atoms with van der Waals surface area (Å²) in [6, 6.07) is 7.58. The van der Waals surface area contributed by atoms with Crippen molar-refractivity contribution in [2.24, 2.45) is 5.92 Å². The number of halogens is 1. The fourth-order valence-electron chi connectivity index (χ4n) is 2.53. The van der Waals surface area contributed by atoms with Crippen molar-refractivity contribution in [3.05, 3.63) is 55.6 Å². The Labute approximate surface area is 137 Å². The van der Waals surface area contributed by atoms with Gasteiger partial charge in [-0.3, -0.25) is 14.2 Å². The van der Waals surface area contributed by atoms with Crippen molar-refractivity contribution in [1.82, 2.24) is 9.88 Å². The Kier molecular flexibility index (Phi) is 4.36. The number of nitrogens with zero attached hydrogens (tertiary/aromatic N) is 1. The Balaban J connectivity index is 1.73. The number of hydrogen-bond acceptors (Lipinski definition) is 3. The van der Waals surface area contributed by atoms with Crippen LogP contribution in [0.15, 0.2) is 34.4 Å². The van der Waals surface area contributed by atoms with E-state index >= 15 is 0 Å². The van der Waals surface area contributed by atoms with Gasteiger partial charge in [-0.25, -0.2) is 0 Å². The summed E-state index contributed by atoms with van der Waals surface area (Å²) in [7, 11) is 0. The molecule has 0 radical (unpaired) electrons. The van der Waals surface area contributed by atoms with Gasteiger partial charge in [0, 0.05) is 16.1 Å². The van der Waals surface area contributed by atoms with Gasteiger partial charge in [-0.1, -0.05) is 35.1 Å². The molecule has 1 N–H and O–H groups in total. The number of carbonyl (C=O) groups is 1. The van der Waals surface area contributed by atoms with Crippen LogP contribution in [0.1, 0.15) is 30.1 Å². The second kappa shape index (κ2) is 6.26. The van der Waals surface area contributed by atoms with Crippen molar-refractivity contribution in [3.8, 4) is 0 Å². The van der Waals surface area contributed by atoms with Crippen LogP contribution in [0.4, 0.5) is 0 Å². The number of amides is 1. The van der Waals surface area contributed by atoms with Crippen molar-refractivity contribution in [1.29, 1.82) is 0 Å². The zero-order valence-corrected chi connectivity index (χ0v) is 13.8. The minimum Gasteiger partial charge on any atom is -0.347 e. The molecule has 0 spiro atoms. The molecule has 116 valence electrons. The fraction of sp³-hybridized carbons (Fsp3) is 0.375. The van der Waals surface area contributed by atoms with E-state index in [-0.39, 0.29) is 23.4 Å². The number of hydrogen-bond donors (Lipinski definition) is 1. The second-order valence-corrected chi connectivity index (χ2v) is 6.92. The highest BCUT2D eigenvalue weighted by molar-refractivity contribution is 7.07. The summed E-state index contributed by atoms with van der Waals surface area (Å²) in [5.41, 5.74) is 1.88. The SMILES string of the molecule is Cc1csc(=O)n1CC(=O)NC(c1ccc(Cl)cc1)C1CC1. The zero-order chi connectivity index (χ0) is 15.7. The molecule has 3 rings (SSSR count). The topological polar surface area (TPSA) is 51.1 Å². The van der Waals surface area contributed by atoms with Gasteiger partial charge in [0.25, 0.3) is 0 Å². The Morgan fingerprint density at radius 3 is 2.64 bits per heavy atom. The fourth-order valence-corrected chi connectivity index (χ4v) is 3.39. The van der Waals surface area contributed by atoms with E-state index in [1.807, 2.05) is 31.2 Å². The first-order chi connectivity index (χ1) is 10.5. The Morgan fingerprint density at radius 2 is 2.09 bits per heavy atom. The van der Waals surface area contributed by atoms with Gasteiger partial charge in [-0.05, 0) is 43.4 Å². The summed E-state index contributed by atoms with van der Waals surface area (Å²) in [4.78, 5) is 23.9. The molecular weight excluding hydrogens is 320 g/mol. The number of aryl methyl sites for hydroxylation is 1. The molecule has 0 aliphatic heterocycles. The lowest BCUT2D eigenvalue weighted by molar-refractivity contribution is -0.122. The van der Waals surface area contributed by atoms with Crippen LogP contribution in [0.3, 0.4) is 0 Å². The van der Waals surface area contributed by atoms with Crippen LogP contribution in [-0.2, 0) is 11.3 Å². The van der Waals surface area contributed by atoms with E-state index in [1.165, 1.54) is 4.57 Å². The smallest absolute Gasteiger partial charge is 0.307 e. The zero-order valence-electron chi connectivity index (χ0n) is 12.2. The van der Waals surface area contributed by atoms with Crippen LogP contribution in [-0.4, -0.2) is 10.5 Å². The van der Waals surface area contributed by atoms with E-state index in [0.29, 0.717) is 10.9 Å². The summed E-state index contributed by atoms with van der Waals surface area (Å²) in [5.74, 6) is 0.348. The third kappa shape index (κ3) is 3.42. The lowest BCUT2D eigenvalue weighted by Gasteiger charge is -2.19. The molecule has 4 nitrogen and oxygen atoms in total. The van der Waals surface area contributed by atoms with Crippen LogP contribution in [0.5, 0.6) is 0 Å². The summed E-state index contributed by atoms with van der Waals surface area (Å²) < 4.78 is 1.51. The first-order valence-electron chi connectivity index (χ1n) is 7.24. The molecule has 1 fully saturated rings. The molecule has 6 heteroatoms. The van der Waals surface area contributed by atoms with E-state index in [1.54, 1.807) is 5.38 Å². The minimum absolute atomic E-state index is 0.000546. The standard InChI is InChI=1S/C16H17ClN2O2S/c1-10-9-22-16(21)19(10)8-14(20)18-15(11-2-3-11)12-4-6-13(17)7-5-12/h4-7,9,11,15H,2-3,8H2,1H3,(H,18,20). The van der Waals surface area contributed by atoms with Crippen LogP contribution in [0.2, 0.25) is 5.02 Å². The van der Waals surface area contributed by atoms with Crippen molar-refractivity contribution in [3.63, 3.8) is 0 Å². The highest BCUT2D eigenvalue weighted by atomic mass is 35.5. The largest absolute Gasteiger partial charge is 0.347 e. The maximum atomic E-state index is 12.3. The first-order valence-corrected chi connectivity index (χ1v) is 8.50. The molecule has 1 unspecified atom stereocenters. The van der Waals surface area contributed by atoms with E-state index in [4.69, 9.17) is 11.6 Å². The molecule has 1 saturated carbocycles. The highest BCUT2D eigenvalue weighted by Gasteiger charge is 2.33. The van der Waals surface area contributed by atoms with Crippen molar-refractivity contribution < 1.29 is 4.79 Å². The molecule has 0 saturated heterocycles. The second-order valence-electron chi connectivity index (χ2n) is 5.66. The first kappa shape index (κ1) is 15.3. The summed E-state index contributed by atoms with van der Waals surface area (Å²) in [6.07, 6.45) is 2.23. The third-order valence-electron chi connectivity index (χ3n) is 3.92. The number of benzene rings is 1. The average Bonchev–Trinajstić information content (AvgIpc) is 3.28. The van der Waals surface area contributed by atoms with Crippen LogP contribution in [0, 0.1) is 12.8 Å². The Hall–Kier alpha value is -1.59. The molecule has 1 amide bonds. The number of aromatic nitrogens is 1. The van der Waals surface area contributed by atoms with Gasteiger partial charge in [-0.15, -0.1) is 0 Å². The molecule has 1 aromatic carbocycles. The van der Waals surface area contributed by atoms with Crippen molar-refractivity contribution in [2.45, 2.75) is 32.4 Å². The third-order valence-corrected chi connectivity index (χ3v) is 5.05. The van der Waals surface area contributed by atoms with Crippen LogP contribution >= 0.6 is 22.9 Å². The lowest BCUT2D eigenvalue weighted by Crippen LogP contribution is -2.34. The maximum Gasteiger partial charge on any atom is 0.307 e. The predicted molar refractivity (Wildman–Crippen MR) is 88.4 cm³/mol. The van der Waals surface area contributed by atoms with E-state index in [2.05, 4.69) is 5.32 Å². The number of nitrogens with one attached hydrogen (secondary N) is 1. The van der Waals surface area contributed by atoms with E-state index < -0.39 is 0 Å². The molecular formula is C16H17ClN2O2S. The molecule has 1 aliphatic rings. The molecule has 22 heavy (non-hydrogen) atoms. The van der Waals surface area contributed by atoms with Crippen molar-refractivity contribution >= 4 is 28.8 Å². The van der Waals surface area contributed by atoms with Gasteiger partial charge >= 0.3 is 4.87 Å². The van der Waals surface area contributed by atoms with Gasteiger partial charge in [-0.2, -0.15) is 0 Å². The summed E-state index contributed by atoms with van der Waals surface area (Å²) in [5, 5.41) is 5.53. The number of carbonyl (C=O) groups excluding carboxylic acids is 1. The Bertz CT molecular complexity index is 731. The quantitative estimate of drug-likeness (QED) is 0.912.